The standard InChI is InChI=1S/C28H35N9O5/c1-14-7-9-31-17(11-14)23(39)32-12-18-21-27(36-24(29)35-21)28(40,41)19(13-37(27)25(30)33-18)34-22(38)15-5-4-6-16-20(15)42-10-8-26(16,2)3/h4-7,9,11,18-19,21,40-41H,8,10,12-13H2,1-3H3,(H2,30,33)(H,32,39)(H,34,38)(H3,29,35,36)/t18-,19?,21?,27?/m0/s1. The van der Waals surface area contributed by atoms with Crippen LogP contribution in [0, 0.1) is 6.92 Å². The summed E-state index contributed by atoms with van der Waals surface area (Å²) in [4.78, 5) is 40.9. The molecule has 1 fully saturated rings. The van der Waals surface area contributed by atoms with Crippen molar-refractivity contribution in [1.82, 2.24) is 25.8 Å². The molecule has 5 heterocycles. The van der Waals surface area contributed by atoms with E-state index < -0.39 is 41.4 Å². The van der Waals surface area contributed by atoms with Gasteiger partial charge < -0.3 is 47.3 Å². The second-order valence-corrected chi connectivity index (χ2v) is 11.9. The molecule has 2 aromatic rings. The zero-order chi connectivity index (χ0) is 30.0. The number of amides is 2. The Morgan fingerprint density at radius 3 is 2.74 bits per heavy atom. The molecule has 0 bridgehead atoms. The van der Waals surface area contributed by atoms with Gasteiger partial charge in [-0.05, 0) is 42.5 Å². The van der Waals surface area contributed by atoms with Gasteiger partial charge in [-0.25, -0.2) is 9.98 Å². The zero-order valence-corrected chi connectivity index (χ0v) is 23.6. The first-order valence-corrected chi connectivity index (χ1v) is 13.8. The predicted octanol–water partition coefficient (Wildman–Crippen LogP) is -1.35. The van der Waals surface area contributed by atoms with Crippen molar-refractivity contribution in [3.63, 3.8) is 0 Å². The van der Waals surface area contributed by atoms with Crippen LogP contribution >= 0.6 is 0 Å². The molecule has 14 nitrogen and oxygen atoms in total. The van der Waals surface area contributed by atoms with Crippen molar-refractivity contribution in [3.8, 4) is 5.75 Å². The van der Waals surface area contributed by atoms with Gasteiger partial charge in [0.15, 0.2) is 17.6 Å². The average Bonchev–Trinajstić information content (AvgIpc) is 3.40. The van der Waals surface area contributed by atoms with Crippen molar-refractivity contribution in [3.05, 3.63) is 58.9 Å². The summed E-state index contributed by atoms with van der Waals surface area (Å²) in [7, 11) is 0. The molecule has 42 heavy (non-hydrogen) atoms. The average molecular weight is 578 g/mol. The number of benzene rings is 1. The predicted molar refractivity (Wildman–Crippen MR) is 153 cm³/mol. The van der Waals surface area contributed by atoms with Gasteiger partial charge in [0.25, 0.3) is 11.8 Å². The van der Waals surface area contributed by atoms with Crippen LogP contribution in [0.15, 0.2) is 46.5 Å². The van der Waals surface area contributed by atoms with Crippen LogP contribution in [0.5, 0.6) is 5.75 Å². The number of ether oxygens (including phenoxy) is 1. The fraction of sp³-hybridized carbons (Fsp3) is 0.464. The topological polar surface area (TPSA) is 213 Å². The molecule has 4 aliphatic rings. The number of carbonyl (C=O) groups excluding carboxylic acids is 2. The van der Waals surface area contributed by atoms with Gasteiger partial charge >= 0.3 is 0 Å². The molecule has 1 saturated heterocycles. The fourth-order valence-electron chi connectivity index (χ4n) is 6.38. The van der Waals surface area contributed by atoms with Gasteiger partial charge in [0, 0.05) is 24.8 Å². The van der Waals surface area contributed by atoms with E-state index in [0.29, 0.717) is 12.4 Å². The molecule has 1 spiro atoms. The molecule has 9 N–H and O–H groups in total. The molecule has 1 aromatic heterocycles. The van der Waals surface area contributed by atoms with E-state index in [1.807, 2.05) is 13.0 Å². The number of nitrogens with one attached hydrogen (secondary N) is 3. The first-order valence-electron chi connectivity index (χ1n) is 13.8. The monoisotopic (exact) mass is 577 g/mol. The zero-order valence-electron chi connectivity index (χ0n) is 23.6. The van der Waals surface area contributed by atoms with Crippen molar-refractivity contribution in [2.24, 2.45) is 21.5 Å². The van der Waals surface area contributed by atoms with E-state index in [0.717, 1.165) is 17.5 Å². The molecule has 6 rings (SSSR count). The first-order chi connectivity index (χ1) is 19.8. The molecule has 14 heteroatoms. The summed E-state index contributed by atoms with van der Waals surface area (Å²) < 4.78 is 5.90. The Labute approximate surface area is 242 Å². The van der Waals surface area contributed by atoms with Crippen LogP contribution < -0.4 is 32.2 Å². The molecule has 3 unspecified atom stereocenters. The minimum atomic E-state index is -2.62. The summed E-state index contributed by atoms with van der Waals surface area (Å²) in [6.07, 6.45) is 2.34. The molecular formula is C28H35N9O5. The Bertz CT molecular complexity index is 1520. The highest BCUT2D eigenvalue weighted by Gasteiger charge is 2.73. The molecule has 4 aliphatic heterocycles. The number of aryl methyl sites for hydroxylation is 1. The normalized spacial score (nSPS) is 28.2. The van der Waals surface area contributed by atoms with Crippen LogP contribution in [0.3, 0.4) is 0 Å². The van der Waals surface area contributed by atoms with Crippen LogP contribution in [0.2, 0.25) is 0 Å². The van der Waals surface area contributed by atoms with Gasteiger partial charge in [-0.1, -0.05) is 26.0 Å². The van der Waals surface area contributed by atoms with E-state index in [4.69, 9.17) is 16.2 Å². The third kappa shape index (κ3) is 4.12. The number of carbonyl (C=O) groups is 2. The Balaban J connectivity index is 1.26. The number of nitrogens with zero attached hydrogens (tertiary/aromatic N) is 4. The second kappa shape index (κ2) is 9.56. The number of para-hydroxylation sites is 1. The minimum absolute atomic E-state index is 0.0250. The van der Waals surface area contributed by atoms with E-state index in [1.54, 1.807) is 24.3 Å². The van der Waals surface area contributed by atoms with Crippen molar-refractivity contribution in [1.29, 1.82) is 0 Å². The van der Waals surface area contributed by atoms with E-state index in [-0.39, 0.29) is 41.7 Å². The smallest absolute Gasteiger partial charge is 0.269 e. The Morgan fingerprint density at radius 2 is 1.98 bits per heavy atom. The van der Waals surface area contributed by atoms with Crippen LogP contribution in [0.25, 0.3) is 0 Å². The van der Waals surface area contributed by atoms with Gasteiger partial charge in [-0.3, -0.25) is 14.6 Å². The number of fused-ring (bicyclic) bond motifs is 1. The first kappa shape index (κ1) is 27.7. The van der Waals surface area contributed by atoms with Crippen molar-refractivity contribution < 1.29 is 24.5 Å². The number of nitrogens with two attached hydrogens (primary N) is 2. The van der Waals surface area contributed by atoms with Crippen LogP contribution in [0.4, 0.5) is 0 Å². The van der Waals surface area contributed by atoms with Crippen LogP contribution in [-0.4, -0.2) is 93.1 Å². The number of aliphatic hydroxyl groups is 2. The maximum absolute atomic E-state index is 13.6. The summed E-state index contributed by atoms with van der Waals surface area (Å²) in [6, 6.07) is 5.77. The second-order valence-electron chi connectivity index (χ2n) is 11.9. The van der Waals surface area contributed by atoms with E-state index in [1.165, 1.54) is 11.1 Å². The molecule has 0 radical (unpaired) electrons. The fourth-order valence-corrected chi connectivity index (χ4v) is 6.38. The third-order valence-electron chi connectivity index (χ3n) is 8.69. The highest BCUT2D eigenvalue weighted by atomic mass is 16.5. The van der Waals surface area contributed by atoms with Gasteiger partial charge in [-0.2, -0.15) is 0 Å². The summed E-state index contributed by atoms with van der Waals surface area (Å²) in [5.41, 5.74) is 12.8. The number of hydrogen-bond acceptors (Lipinski definition) is 12. The Kier molecular flexibility index (Phi) is 6.31. The number of pyridine rings is 1. The summed E-state index contributed by atoms with van der Waals surface area (Å²) in [5.74, 6) is -3.19. The Hall–Kier alpha value is -4.43. The SMILES string of the molecule is Cc1ccnc(C(=O)NC[C@@H]2N=C(N)N3CC(NC(=O)c4cccc5c4OCCC5(C)C)C(O)(O)C34NC(N)=NC24)c1. The van der Waals surface area contributed by atoms with Crippen LogP contribution in [-0.2, 0) is 5.41 Å². The highest BCUT2D eigenvalue weighted by Crippen LogP contribution is 2.45. The molecular weight excluding hydrogens is 542 g/mol. The molecule has 0 saturated carbocycles. The molecule has 1 aromatic carbocycles. The number of aromatic nitrogens is 1. The van der Waals surface area contributed by atoms with E-state index in [2.05, 4.69) is 44.8 Å². The van der Waals surface area contributed by atoms with Gasteiger partial charge in [-0.15, -0.1) is 0 Å². The number of hydrogen-bond donors (Lipinski definition) is 7. The van der Waals surface area contributed by atoms with Crippen molar-refractivity contribution in [2.75, 3.05) is 19.7 Å². The summed E-state index contributed by atoms with van der Waals surface area (Å²) >= 11 is 0. The van der Waals surface area contributed by atoms with Crippen molar-refractivity contribution >= 4 is 23.7 Å². The Morgan fingerprint density at radius 1 is 1.19 bits per heavy atom. The van der Waals surface area contributed by atoms with Gasteiger partial charge in [0.2, 0.25) is 5.79 Å². The number of rotatable bonds is 5. The summed E-state index contributed by atoms with van der Waals surface area (Å²) in [5, 5.41) is 31.9. The van der Waals surface area contributed by atoms with Gasteiger partial charge in [0.1, 0.15) is 23.5 Å². The maximum Gasteiger partial charge on any atom is 0.269 e. The van der Waals surface area contributed by atoms with E-state index >= 15 is 0 Å². The third-order valence-corrected chi connectivity index (χ3v) is 8.69. The van der Waals surface area contributed by atoms with Gasteiger partial charge in [0.05, 0.1) is 18.2 Å². The number of aliphatic imine (C=N–C) groups is 2. The van der Waals surface area contributed by atoms with Crippen LogP contribution in [0.1, 0.15) is 52.2 Å². The van der Waals surface area contributed by atoms with Crippen molar-refractivity contribution in [2.45, 2.75) is 62.2 Å². The lowest BCUT2D eigenvalue weighted by molar-refractivity contribution is -0.230. The quantitative estimate of drug-likeness (QED) is 0.208. The van der Waals surface area contributed by atoms with E-state index in [9.17, 15) is 19.8 Å². The molecule has 4 atom stereocenters. The summed E-state index contributed by atoms with van der Waals surface area (Å²) in [6.45, 7) is 6.35. The number of guanidine groups is 2. The molecule has 222 valence electrons. The maximum atomic E-state index is 13.6. The molecule has 0 aliphatic carbocycles. The minimum Gasteiger partial charge on any atom is -0.492 e. The highest BCUT2D eigenvalue weighted by molar-refractivity contribution is 5.98. The lowest BCUT2D eigenvalue weighted by Gasteiger charge is -2.49. The lowest BCUT2D eigenvalue weighted by Crippen LogP contribution is -2.78. The largest absolute Gasteiger partial charge is 0.492 e. The molecule has 2 amide bonds. The lowest BCUT2D eigenvalue weighted by atomic mass is 9.79.